The number of nitrogens with zero attached hydrogens (tertiary/aromatic N) is 2. The standard InChI is InChI=1S/C16H15FN2/c1-12-5-3-7-14(10-18)16(12)19(2)11-13-6-4-8-15(17)9-13/h3-9H,11H2,1-2H3. The molecule has 0 radical (unpaired) electrons. The van der Waals surface area contributed by atoms with Crippen LogP contribution in [0, 0.1) is 24.1 Å². The molecule has 0 atom stereocenters. The summed E-state index contributed by atoms with van der Waals surface area (Å²) < 4.78 is 13.2. The summed E-state index contributed by atoms with van der Waals surface area (Å²) in [6.07, 6.45) is 0. The van der Waals surface area contributed by atoms with Gasteiger partial charge in [-0.1, -0.05) is 24.3 Å². The Bertz CT molecular complexity index is 629. The van der Waals surface area contributed by atoms with Crippen LogP contribution in [0.3, 0.4) is 0 Å². The van der Waals surface area contributed by atoms with Crippen molar-refractivity contribution in [2.45, 2.75) is 13.5 Å². The SMILES string of the molecule is Cc1cccc(C#N)c1N(C)Cc1cccc(F)c1. The highest BCUT2D eigenvalue weighted by molar-refractivity contribution is 5.63. The zero-order valence-electron chi connectivity index (χ0n) is 11.0. The monoisotopic (exact) mass is 254 g/mol. The summed E-state index contributed by atoms with van der Waals surface area (Å²) in [5.41, 5.74) is 3.46. The second kappa shape index (κ2) is 5.53. The number of halogens is 1. The predicted molar refractivity (Wildman–Crippen MR) is 74.4 cm³/mol. The third-order valence-electron chi connectivity index (χ3n) is 3.05. The van der Waals surface area contributed by atoms with E-state index in [2.05, 4.69) is 6.07 Å². The van der Waals surface area contributed by atoms with E-state index in [1.54, 1.807) is 12.1 Å². The Morgan fingerprint density at radius 3 is 2.63 bits per heavy atom. The minimum absolute atomic E-state index is 0.240. The van der Waals surface area contributed by atoms with Crippen molar-refractivity contribution in [3.8, 4) is 6.07 Å². The van der Waals surface area contributed by atoms with Gasteiger partial charge in [0.1, 0.15) is 11.9 Å². The molecule has 2 nitrogen and oxygen atoms in total. The van der Waals surface area contributed by atoms with Crippen LogP contribution in [0.2, 0.25) is 0 Å². The zero-order valence-corrected chi connectivity index (χ0v) is 11.0. The van der Waals surface area contributed by atoms with Crippen molar-refractivity contribution < 1.29 is 4.39 Å². The van der Waals surface area contributed by atoms with Crippen molar-refractivity contribution in [2.75, 3.05) is 11.9 Å². The van der Waals surface area contributed by atoms with Gasteiger partial charge in [-0.05, 0) is 36.2 Å². The number of anilines is 1. The topological polar surface area (TPSA) is 27.0 Å². The number of benzene rings is 2. The van der Waals surface area contributed by atoms with Gasteiger partial charge >= 0.3 is 0 Å². The largest absolute Gasteiger partial charge is 0.369 e. The zero-order chi connectivity index (χ0) is 13.8. The van der Waals surface area contributed by atoms with Crippen LogP contribution in [0.4, 0.5) is 10.1 Å². The highest BCUT2D eigenvalue weighted by Gasteiger charge is 2.10. The minimum Gasteiger partial charge on any atom is -0.369 e. The van der Waals surface area contributed by atoms with Gasteiger partial charge in [0, 0.05) is 13.6 Å². The van der Waals surface area contributed by atoms with Crippen LogP contribution in [0.15, 0.2) is 42.5 Å². The Kier molecular flexibility index (Phi) is 3.82. The molecule has 2 aromatic carbocycles. The maximum atomic E-state index is 13.2. The molecule has 0 N–H and O–H groups in total. The Morgan fingerprint density at radius 2 is 1.95 bits per heavy atom. The number of rotatable bonds is 3. The lowest BCUT2D eigenvalue weighted by Crippen LogP contribution is -2.18. The van der Waals surface area contributed by atoms with Crippen molar-refractivity contribution in [1.29, 1.82) is 5.26 Å². The van der Waals surface area contributed by atoms with Crippen molar-refractivity contribution in [3.05, 3.63) is 65.0 Å². The molecule has 0 aliphatic rings. The van der Waals surface area contributed by atoms with Crippen LogP contribution >= 0.6 is 0 Å². The molecule has 0 amide bonds. The first-order valence-electron chi connectivity index (χ1n) is 6.07. The molecule has 0 aliphatic heterocycles. The molecule has 0 aromatic heterocycles. The van der Waals surface area contributed by atoms with E-state index in [-0.39, 0.29) is 5.82 Å². The quantitative estimate of drug-likeness (QED) is 0.836. The lowest BCUT2D eigenvalue weighted by atomic mass is 10.1. The minimum atomic E-state index is -0.240. The molecule has 0 saturated heterocycles. The first kappa shape index (κ1) is 13.1. The maximum absolute atomic E-state index is 13.2. The van der Waals surface area contributed by atoms with E-state index in [9.17, 15) is 4.39 Å². The molecule has 0 saturated carbocycles. The van der Waals surface area contributed by atoms with Crippen molar-refractivity contribution >= 4 is 5.69 Å². The molecule has 0 bridgehead atoms. The maximum Gasteiger partial charge on any atom is 0.123 e. The molecule has 0 spiro atoms. The smallest absolute Gasteiger partial charge is 0.123 e. The molecule has 0 unspecified atom stereocenters. The third kappa shape index (κ3) is 2.92. The lowest BCUT2D eigenvalue weighted by Gasteiger charge is -2.22. The van der Waals surface area contributed by atoms with E-state index in [0.29, 0.717) is 12.1 Å². The van der Waals surface area contributed by atoms with Crippen LogP contribution in [-0.4, -0.2) is 7.05 Å². The summed E-state index contributed by atoms with van der Waals surface area (Å²) in [5.74, 6) is -0.240. The van der Waals surface area contributed by atoms with Gasteiger partial charge in [0.2, 0.25) is 0 Å². The summed E-state index contributed by atoms with van der Waals surface area (Å²) in [5, 5.41) is 9.17. The number of para-hydroxylation sites is 1. The molecule has 2 aromatic rings. The number of hydrogen-bond donors (Lipinski definition) is 0. The Morgan fingerprint density at radius 1 is 1.21 bits per heavy atom. The van der Waals surface area contributed by atoms with Crippen LogP contribution in [0.25, 0.3) is 0 Å². The summed E-state index contributed by atoms with van der Waals surface area (Å²) in [6.45, 7) is 2.54. The van der Waals surface area contributed by atoms with Gasteiger partial charge in [-0.25, -0.2) is 4.39 Å². The van der Waals surface area contributed by atoms with Crippen LogP contribution in [0.5, 0.6) is 0 Å². The van der Waals surface area contributed by atoms with Crippen molar-refractivity contribution in [1.82, 2.24) is 0 Å². The van der Waals surface area contributed by atoms with Gasteiger partial charge in [-0.2, -0.15) is 5.26 Å². The second-order valence-electron chi connectivity index (χ2n) is 4.57. The normalized spacial score (nSPS) is 10.0. The van der Waals surface area contributed by atoms with E-state index >= 15 is 0 Å². The Balaban J connectivity index is 2.30. The van der Waals surface area contributed by atoms with Crippen LogP contribution < -0.4 is 4.90 Å². The first-order chi connectivity index (χ1) is 9.11. The van der Waals surface area contributed by atoms with E-state index in [0.717, 1.165) is 16.8 Å². The fourth-order valence-corrected chi connectivity index (χ4v) is 2.24. The molecule has 0 heterocycles. The molecule has 2 rings (SSSR count). The van der Waals surface area contributed by atoms with E-state index in [4.69, 9.17) is 5.26 Å². The number of nitriles is 1. The Labute approximate surface area is 112 Å². The molecule has 0 aliphatic carbocycles. The lowest BCUT2D eigenvalue weighted by molar-refractivity contribution is 0.625. The molecule has 3 heteroatoms. The predicted octanol–water partition coefficient (Wildman–Crippen LogP) is 3.64. The number of aryl methyl sites for hydroxylation is 1. The van der Waals surface area contributed by atoms with Gasteiger partial charge in [-0.3, -0.25) is 0 Å². The molecule has 96 valence electrons. The fraction of sp³-hybridized carbons (Fsp3) is 0.188. The van der Waals surface area contributed by atoms with Crippen molar-refractivity contribution in [2.24, 2.45) is 0 Å². The second-order valence-corrected chi connectivity index (χ2v) is 4.57. The highest BCUT2D eigenvalue weighted by atomic mass is 19.1. The van der Waals surface area contributed by atoms with Gasteiger partial charge in [0.05, 0.1) is 11.3 Å². The van der Waals surface area contributed by atoms with E-state index in [1.165, 1.54) is 12.1 Å². The van der Waals surface area contributed by atoms with Gasteiger partial charge in [0.15, 0.2) is 0 Å². The average molecular weight is 254 g/mol. The molecular weight excluding hydrogens is 239 g/mol. The summed E-state index contributed by atoms with van der Waals surface area (Å²) in [7, 11) is 1.91. The van der Waals surface area contributed by atoms with Gasteiger partial charge in [-0.15, -0.1) is 0 Å². The summed E-state index contributed by atoms with van der Waals surface area (Å²) in [6, 6.07) is 14.4. The van der Waals surface area contributed by atoms with Gasteiger partial charge < -0.3 is 4.90 Å². The van der Waals surface area contributed by atoms with Crippen molar-refractivity contribution in [3.63, 3.8) is 0 Å². The summed E-state index contributed by atoms with van der Waals surface area (Å²) >= 11 is 0. The molecule has 0 fully saturated rings. The number of hydrogen-bond acceptors (Lipinski definition) is 2. The fourth-order valence-electron chi connectivity index (χ4n) is 2.24. The van der Waals surface area contributed by atoms with Gasteiger partial charge in [0.25, 0.3) is 0 Å². The third-order valence-corrected chi connectivity index (χ3v) is 3.05. The Hall–Kier alpha value is -2.34. The highest BCUT2D eigenvalue weighted by Crippen LogP contribution is 2.25. The van der Waals surface area contributed by atoms with E-state index < -0.39 is 0 Å². The van der Waals surface area contributed by atoms with Crippen LogP contribution in [0.1, 0.15) is 16.7 Å². The molecular formula is C16H15FN2. The van der Waals surface area contributed by atoms with Crippen LogP contribution in [-0.2, 0) is 6.54 Å². The average Bonchev–Trinajstić information content (AvgIpc) is 2.38. The first-order valence-corrected chi connectivity index (χ1v) is 6.07. The molecule has 19 heavy (non-hydrogen) atoms. The summed E-state index contributed by atoms with van der Waals surface area (Å²) in [4.78, 5) is 1.97. The van der Waals surface area contributed by atoms with E-state index in [1.807, 2.05) is 37.1 Å².